The highest BCUT2D eigenvalue weighted by molar-refractivity contribution is 5.89. The first kappa shape index (κ1) is 13.3. The minimum Gasteiger partial charge on any atom is -0.357 e. The lowest BCUT2D eigenvalue weighted by atomic mass is 10.1. The maximum absolute atomic E-state index is 10.9. The fraction of sp³-hybridized carbons (Fsp3) is 0.154. The number of hydrogen-bond donors (Lipinski definition) is 2. The number of carbonyl (C=O) groups is 1. The van der Waals surface area contributed by atoms with Crippen molar-refractivity contribution < 1.29 is 4.79 Å². The summed E-state index contributed by atoms with van der Waals surface area (Å²) in [5.41, 5.74) is 1.59. The third-order valence-corrected chi connectivity index (χ3v) is 2.09. The average molecular weight is 240 g/mol. The van der Waals surface area contributed by atoms with Crippen molar-refractivity contribution in [3.8, 4) is 12.1 Å². The molecule has 0 aliphatic carbocycles. The third-order valence-electron chi connectivity index (χ3n) is 2.09. The normalized spacial score (nSPS) is 9.11. The number of nitrogens with zero attached hydrogens (tertiary/aromatic N) is 2. The van der Waals surface area contributed by atoms with Crippen molar-refractivity contribution in [3.05, 3.63) is 36.5 Å². The molecule has 1 rings (SSSR count). The van der Waals surface area contributed by atoms with E-state index in [4.69, 9.17) is 10.5 Å². The summed E-state index contributed by atoms with van der Waals surface area (Å²) in [6, 6.07) is 10.6. The average Bonchev–Trinajstić information content (AvgIpc) is 2.30. The van der Waals surface area contributed by atoms with Gasteiger partial charge in [0.2, 0.25) is 5.91 Å². The number of nitriles is 2. The zero-order valence-electron chi connectivity index (χ0n) is 9.90. The van der Waals surface area contributed by atoms with Crippen LogP contribution in [-0.4, -0.2) is 5.91 Å². The third kappa shape index (κ3) is 3.66. The van der Waals surface area contributed by atoms with Crippen molar-refractivity contribution in [3.63, 3.8) is 0 Å². The molecule has 0 aliphatic rings. The number of benzene rings is 1. The fourth-order valence-corrected chi connectivity index (χ4v) is 1.32. The summed E-state index contributed by atoms with van der Waals surface area (Å²) in [5, 5.41) is 22.9. The predicted octanol–water partition coefficient (Wildman–Crippen LogP) is 2.23. The highest BCUT2D eigenvalue weighted by Crippen LogP contribution is 2.18. The van der Waals surface area contributed by atoms with Crippen LogP contribution in [0.4, 0.5) is 11.4 Å². The van der Waals surface area contributed by atoms with Crippen LogP contribution in [0, 0.1) is 28.6 Å². The van der Waals surface area contributed by atoms with Crippen LogP contribution < -0.4 is 10.6 Å². The molecule has 0 fully saturated rings. The van der Waals surface area contributed by atoms with Gasteiger partial charge in [0.15, 0.2) is 5.92 Å². The maximum atomic E-state index is 10.9. The first-order valence-electron chi connectivity index (χ1n) is 5.19. The SMILES string of the molecule is C=C(Nc1cccc(NC(C)=O)c1)C(C#N)C#N. The van der Waals surface area contributed by atoms with E-state index < -0.39 is 5.92 Å². The maximum Gasteiger partial charge on any atom is 0.221 e. The quantitative estimate of drug-likeness (QED) is 0.844. The molecule has 0 bridgehead atoms. The van der Waals surface area contributed by atoms with Crippen LogP contribution in [0.25, 0.3) is 0 Å². The molecule has 1 aromatic rings. The Hall–Kier alpha value is -2.79. The summed E-state index contributed by atoms with van der Waals surface area (Å²) in [6.07, 6.45) is 0. The minimum absolute atomic E-state index is 0.169. The van der Waals surface area contributed by atoms with Crippen molar-refractivity contribution in [2.75, 3.05) is 10.6 Å². The largest absolute Gasteiger partial charge is 0.357 e. The lowest BCUT2D eigenvalue weighted by Crippen LogP contribution is -2.09. The van der Waals surface area contributed by atoms with Crippen molar-refractivity contribution in [2.24, 2.45) is 5.92 Å². The fourth-order valence-electron chi connectivity index (χ4n) is 1.32. The monoisotopic (exact) mass is 240 g/mol. The van der Waals surface area contributed by atoms with Crippen LogP contribution in [0.3, 0.4) is 0 Å². The van der Waals surface area contributed by atoms with Crippen molar-refractivity contribution in [1.82, 2.24) is 0 Å². The van der Waals surface area contributed by atoms with E-state index in [1.165, 1.54) is 6.92 Å². The van der Waals surface area contributed by atoms with E-state index in [9.17, 15) is 4.79 Å². The second-order valence-electron chi connectivity index (χ2n) is 3.60. The van der Waals surface area contributed by atoms with Gasteiger partial charge < -0.3 is 10.6 Å². The lowest BCUT2D eigenvalue weighted by Gasteiger charge is -2.11. The Labute approximate surface area is 105 Å². The predicted molar refractivity (Wildman–Crippen MR) is 68.2 cm³/mol. The number of amides is 1. The standard InChI is InChI=1S/C13H12N4O/c1-9(11(7-14)8-15)16-12-4-3-5-13(6-12)17-10(2)18/h3-6,11,16H,1H2,2H3,(H,17,18). The molecule has 0 aliphatic heterocycles. The molecule has 1 aromatic carbocycles. The molecule has 5 heteroatoms. The van der Waals surface area contributed by atoms with E-state index in [1.54, 1.807) is 24.3 Å². The Balaban J connectivity index is 2.80. The second-order valence-corrected chi connectivity index (χ2v) is 3.60. The van der Waals surface area contributed by atoms with Gasteiger partial charge in [-0.15, -0.1) is 0 Å². The van der Waals surface area contributed by atoms with Crippen LogP contribution in [0.1, 0.15) is 6.92 Å². The number of allylic oxidation sites excluding steroid dienone is 1. The summed E-state index contributed by atoms with van der Waals surface area (Å²) >= 11 is 0. The Bertz CT molecular complexity index is 537. The molecule has 2 N–H and O–H groups in total. The molecule has 0 heterocycles. The summed E-state index contributed by atoms with van der Waals surface area (Å²) in [7, 11) is 0. The molecular formula is C13H12N4O. The van der Waals surface area contributed by atoms with E-state index >= 15 is 0 Å². The minimum atomic E-state index is -0.908. The lowest BCUT2D eigenvalue weighted by molar-refractivity contribution is -0.114. The Morgan fingerprint density at radius 1 is 1.28 bits per heavy atom. The van der Waals surface area contributed by atoms with Gasteiger partial charge in [-0.2, -0.15) is 10.5 Å². The van der Waals surface area contributed by atoms with Gasteiger partial charge in [0.05, 0.1) is 12.1 Å². The van der Waals surface area contributed by atoms with Crippen LogP contribution in [0.5, 0.6) is 0 Å². The van der Waals surface area contributed by atoms with Gasteiger partial charge in [-0.1, -0.05) is 12.6 Å². The second kappa shape index (κ2) is 6.07. The van der Waals surface area contributed by atoms with Crippen molar-refractivity contribution in [2.45, 2.75) is 6.92 Å². The van der Waals surface area contributed by atoms with E-state index in [-0.39, 0.29) is 5.91 Å². The Morgan fingerprint density at radius 3 is 2.33 bits per heavy atom. The van der Waals surface area contributed by atoms with Gasteiger partial charge in [-0.3, -0.25) is 4.79 Å². The zero-order valence-corrected chi connectivity index (χ0v) is 9.90. The van der Waals surface area contributed by atoms with Crippen LogP contribution in [-0.2, 0) is 4.79 Å². The number of hydrogen-bond acceptors (Lipinski definition) is 4. The molecule has 0 unspecified atom stereocenters. The van der Waals surface area contributed by atoms with Gasteiger partial charge >= 0.3 is 0 Å². The van der Waals surface area contributed by atoms with Gasteiger partial charge in [0.1, 0.15) is 0 Å². The van der Waals surface area contributed by atoms with E-state index in [2.05, 4.69) is 17.2 Å². The van der Waals surface area contributed by atoms with Crippen molar-refractivity contribution >= 4 is 17.3 Å². The van der Waals surface area contributed by atoms with Crippen molar-refractivity contribution in [1.29, 1.82) is 10.5 Å². The number of anilines is 2. The van der Waals surface area contributed by atoms with E-state index in [1.807, 2.05) is 12.1 Å². The van der Waals surface area contributed by atoms with Gasteiger partial charge in [-0.25, -0.2) is 0 Å². The molecule has 5 nitrogen and oxygen atoms in total. The summed E-state index contributed by atoms with van der Waals surface area (Å²) in [4.78, 5) is 10.9. The number of carbonyl (C=O) groups excluding carboxylic acids is 1. The van der Waals surface area contributed by atoms with Crippen LogP contribution in [0.2, 0.25) is 0 Å². The topological polar surface area (TPSA) is 88.7 Å². The molecule has 1 amide bonds. The molecule has 0 saturated carbocycles. The van der Waals surface area contributed by atoms with Gasteiger partial charge in [-0.05, 0) is 18.2 Å². The molecule has 90 valence electrons. The zero-order chi connectivity index (χ0) is 13.5. The first-order valence-corrected chi connectivity index (χ1v) is 5.19. The van der Waals surface area contributed by atoms with Gasteiger partial charge in [0.25, 0.3) is 0 Å². The smallest absolute Gasteiger partial charge is 0.221 e. The van der Waals surface area contributed by atoms with E-state index in [0.29, 0.717) is 17.1 Å². The van der Waals surface area contributed by atoms with Crippen LogP contribution >= 0.6 is 0 Å². The highest BCUT2D eigenvalue weighted by atomic mass is 16.1. The van der Waals surface area contributed by atoms with E-state index in [0.717, 1.165) is 0 Å². The molecule has 18 heavy (non-hydrogen) atoms. The van der Waals surface area contributed by atoms with Gasteiger partial charge in [0, 0.05) is 24.0 Å². The molecule has 0 spiro atoms. The first-order chi connectivity index (χ1) is 8.56. The summed E-state index contributed by atoms with van der Waals surface area (Å²) < 4.78 is 0. The Kier molecular flexibility index (Phi) is 4.48. The Morgan fingerprint density at radius 2 is 1.83 bits per heavy atom. The molecular weight excluding hydrogens is 228 g/mol. The highest BCUT2D eigenvalue weighted by Gasteiger charge is 2.10. The molecule has 0 atom stereocenters. The molecule has 0 radical (unpaired) electrons. The molecule has 0 saturated heterocycles. The summed E-state index contributed by atoms with van der Waals surface area (Å²) in [5.74, 6) is -1.08. The number of nitrogens with one attached hydrogen (secondary N) is 2. The summed E-state index contributed by atoms with van der Waals surface area (Å²) in [6.45, 7) is 5.06. The number of rotatable bonds is 4. The van der Waals surface area contributed by atoms with Crippen LogP contribution in [0.15, 0.2) is 36.5 Å². The molecule has 0 aromatic heterocycles.